The van der Waals surface area contributed by atoms with Crippen LogP contribution < -0.4 is 0 Å². The summed E-state index contributed by atoms with van der Waals surface area (Å²) < 4.78 is 26.4. The van der Waals surface area contributed by atoms with Crippen molar-refractivity contribution < 1.29 is 18.3 Å². The number of nitrogens with zero attached hydrogens (tertiary/aromatic N) is 1. The maximum Gasteiger partial charge on any atom is 0.328 e. The Balaban J connectivity index is 2.29. The fourth-order valence-electron chi connectivity index (χ4n) is 2.10. The van der Waals surface area contributed by atoms with Gasteiger partial charge in [-0.3, -0.25) is 0 Å². The van der Waals surface area contributed by atoms with Crippen molar-refractivity contribution in [2.45, 2.75) is 30.2 Å². The van der Waals surface area contributed by atoms with Gasteiger partial charge in [-0.1, -0.05) is 24.1 Å². The van der Waals surface area contributed by atoms with E-state index in [0.29, 0.717) is 5.56 Å². The summed E-state index contributed by atoms with van der Waals surface area (Å²) in [5.41, 5.74) is 0.535. The molecule has 1 aliphatic rings. The van der Waals surface area contributed by atoms with Crippen molar-refractivity contribution in [1.82, 2.24) is 4.31 Å². The second-order valence-electron chi connectivity index (χ2n) is 4.97. The summed E-state index contributed by atoms with van der Waals surface area (Å²) in [5.74, 6) is -1.08. The predicted octanol–water partition coefficient (Wildman–Crippen LogP) is 2.61. The zero-order valence-corrected chi connectivity index (χ0v) is 13.1. The van der Waals surface area contributed by atoms with E-state index >= 15 is 0 Å². The van der Waals surface area contributed by atoms with Crippen LogP contribution >= 0.6 is 11.6 Å². The third-order valence-electron chi connectivity index (χ3n) is 3.62. The lowest BCUT2D eigenvalue weighted by atomic mass is 9.94. The molecule has 0 aliphatic heterocycles. The van der Waals surface area contributed by atoms with Crippen LogP contribution in [0.25, 0.3) is 6.08 Å². The molecule has 7 heteroatoms. The Morgan fingerprint density at radius 2 is 2.10 bits per heavy atom. The number of hydrogen-bond acceptors (Lipinski definition) is 3. The van der Waals surface area contributed by atoms with Crippen molar-refractivity contribution in [2.75, 3.05) is 7.05 Å². The molecular formula is C14H16ClNO4S. The summed E-state index contributed by atoms with van der Waals surface area (Å²) >= 11 is 6.05. The first-order valence-electron chi connectivity index (χ1n) is 6.51. The van der Waals surface area contributed by atoms with Gasteiger partial charge >= 0.3 is 5.97 Å². The van der Waals surface area contributed by atoms with Crippen LogP contribution in [0, 0.1) is 0 Å². The zero-order chi connectivity index (χ0) is 15.6. The van der Waals surface area contributed by atoms with Crippen molar-refractivity contribution in [1.29, 1.82) is 0 Å². The van der Waals surface area contributed by atoms with Gasteiger partial charge in [-0.2, -0.15) is 4.31 Å². The van der Waals surface area contributed by atoms with Gasteiger partial charge in [0, 0.05) is 19.2 Å². The molecule has 0 aromatic heterocycles. The van der Waals surface area contributed by atoms with Crippen molar-refractivity contribution in [3.05, 3.63) is 34.9 Å². The van der Waals surface area contributed by atoms with E-state index in [1.165, 1.54) is 28.6 Å². The van der Waals surface area contributed by atoms with Crippen LogP contribution in [0.4, 0.5) is 0 Å². The SMILES string of the molecule is CN(C1CCC1)S(=O)(=O)c1ccc(/C=C/C(=O)O)cc1Cl. The predicted molar refractivity (Wildman–Crippen MR) is 80.7 cm³/mol. The van der Waals surface area contributed by atoms with Crippen LogP contribution in [-0.2, 0) is 14.8 Å². The Hall–Kier alpha value is -1.37. The number of carbonyl (C=O) groups is 1. The van der Waals surface area contributed by atoms with Crippen LogP contribution in [0.15, 0.2) is 29.2 Å². The topological polar surface area (TPSA) is 74.7 Å². The van der Waals surface area contributed by atoms with E-state index in [1.807, 2.05) is 0 Å². The summed E-state index contributed by atoms with van der Waals surface area (Å²) in [4.78, 5) is 10.5. The van der Waals surface area contributed by atoms with Crippen LogP contribution in [0.1, 0.15) is 24.8 Å². The first-order chi connectivity index (χ1) is 9.82. The van der Waals surface area contributed by atoms with Crippen molar-refractivity contribution in [2.24, 2.45) is 0 Å². The largest absolute Gasteiger partial charge is 0.478 e. The number of carboxylic acids is 1. The minimum absolute atomic E-state index is 0.0395. The number of rotatable bonds is 5. The standard InChI is InChI=1S/C14H16ClNO4S/c1-16(11-3-2-4-11)21(19,20)13-7-5-10(9-12(13)15)6-8-14(17)18/h5-9,11H,2-4H2,1H3,(H,17,18)/b8-6+. The monoisotopic (exact) mass is 329 g/mol. The molecule has 0 saturated heterocycles. The molecule has 1 aromatic rings. The van der Waals surface area contributed by atoms with Gasteiger partial charge in [-0.25, -0.2) is 13.2 Å². The van der Waals surface area contributed by atoms with Gasteiger partial charge in [-0.05, 0) is 36.6 Å². The molecule has 114 valence electrons. The summed E-state index contributed by atoms with van der Waals surface area (Å²) in [6, 6.07) is 4.43. The Morgan fingerprint density at radius 3 is 2.57 bits per heavy atom. The Labute approximate surface area is 128 Å². The molecular weight excluding hydrogens is 314 g/mol. The van der Waals surface area contributed by atoms with Gasteiger partial charge in [0.2, 0.25) is 10.0 Å². The highest BCUT2D eigenvalue weighted by Gasteiger charge is 2.32. The molecule has 1 N–H and O–H groups in total. The lowest BCUT2D eigenvalue weighted by molar-refractivity contribution is -0.131. The molecule has 0 atom stereocenters. The summed E-state index contributed by atoms with van der Waals surface area (Å²) in [6.45, 7) is 0. The Bertz CT molecular complexity index is 680. The minimum Gasteiger partial charge on any atom is -0.478 e. The van der Waals surface area contributed by atoms with Crippen molar-refractivity contribution in [3.63, 3.8) is 0 Å². The van der Waals surface area contributed by atoms with Crippen LogP contribution in [-0.4, -0.2) is 36.9 Å². The highest BCUT2D eigenvalue weighted by molar-refractivity contribution is 7.89. The van der Waals surface area contributed by atoms with E-state index in [2.05, 4.69) is 0 Å². The third-order valence-corrected chi connectivity index (χ3v) is 6.01. The summed E-state index contributed by atoms with van der Waals surface area (Å²) in [5, 5.41) is 8.66. The van der Waals surface area contributed by atoms with Gasteiger partial charge in [0.05, 0.1) is 5.02 Å². The normalized spacial score (nSPS) is 16.3. The molecule has 0 radical (unpaired) electrons. The van der Waals surface area contributed by atoms with Crippen LogP contribution in [0.5, 0.6) is 0 Å². The highest BCUT2D eigenvalue weighted by Crippen LogP contribution is 2.31. The number of sulfonamides is 1. The van der Waals surface area contributed by atoms with E-state index in [4.69, 9.17) is 16.7 Å². The molecule has 5 nitrogen and oxygen atoms in total. The molecule has 1 fully saturated rings. The molecule has 0 bridgehead atoms. The lowest BCUT2D eigenvalue weighted by Crippen LogP contribution is -2.41. The van der Waals surface area contributed by atoms with E-state index < -0.39 is 16.0 Å². The number of hydrogen-bond donors (Lipinski definition) is 1. The second-order valence-corrected chi connectivity index (χ2v) is 7.34. The average Bonchev–Trinajstić information content (AvgIpc) is 2.33. The number of aliphatic carboxylic acids is 1. The van der Waals surface area contributed by atoms with Crippen molar-refractivity contribution >= 4 is 33.7 Å². The van der Waals surface area contributed by atoms with Gasteiger partial charge in [0.15, 0.2) is 0 Å². The first-order valence-corrected chi connectivity index (χ1v) is 8.33. The summed E-state index contributed by atoms with van der Waals surface area (Å²) in [7, 11) is -2.05. The lowest BCUT2D eigenvalue weighted by Gasteiger charge is -2.33. The molecule has 2 rings (SSSR count). The van der Waals surface area contributed by atoms with E-state index in [1.54, 1.807) is 7.05 Å². The molecule has 21 heavy (non-hydrogen) atoms. The third kappa shape index (κ3) is 3.45. The van der Waals surface area contributed by atoms with E-state index in [0.717, 1.165) is 25.3 Å². The first kappa shape index (κ1) is 16.0. The molecule has 0 spiro atoms. The van der Waals surface area contributed by atoms with E-state index in [-0.39, 0.29) is 16.0 Å². The van der Waals surface area contributed by atoms with Gasteiger partial charge in [0.1, 0.15) is 4.90 Å². The van der Waals surface area contributed by atoms with Crippen molar-refractivity contribution in [3.8, 4) is 0 Å². The molecule has 1 aromatic carbocycles. The average molecular weight is 330 g/mol. The number of carboxylic acid groups (broad SMARTS) is 1. The van der Waals surface area contributed by atoms with Gasteiger partial charge in [0.25, 0.3) is 0 Å². The van der Waals surface area contributed by atoms with Gasteiger partial charge < -0.3 is 5.11 Å². The maximum atomic E-state index is 12.5. The zero-order valence-electron chi connectivity index (χ0n) is 11.5. The number of halogens is 1. The van der Waals surface area contributed by atoms with Crippen LogP contribution in [0.2, 0.25) is 5.02 Å². The minimum atomic E-state index is -3.62. The van der Waals surface area contributed by atoms with E-state index in [9.17, 15) is 13.2 Å². The Kier molecular flexibility index (Phi) is 4.70. The highest BCUT2D eigenvalue weighted by atomic mass is 35.5. The fraction of sp³-hybridized carbons (Fsp3) is 0.357. The molecule has 1 saturated carbocycles. The quantitative estimate of drug-likeness (QED) is 0.843. The smallest absolute Gasteiger partial charge is 0.328 e. The molecule has 1 aliphatic carbocycles. The second kappa shape index (κ2) is 6.17. The Morgan fingerprint density at radius 1 is 1.43 bits per heavy atom. The van der Waals surface area contributed by atoms with Crippen LogP contribution in [0.3, 0.4) is 0 Å². The summed E-state index contributed by atoms with van der Waals surface area (Å²) in [6.07, 6.45) is 5.11. The number of benzene rings is 1. The van der Waals surface area contributed by atoms with Gasteiger partial charge in [-0.15, -0.1) is 0 Å². The maximum absolute atomic E-state index is 12.5. The fourth-order valence-corrected chi connectivity index (χ4v) is 4.04. The molecule has 0 unspecified atom stereocenters. The molecule has 0 amide bonds. The molecule has 0 heterocycles.